The molecule has 0 aromatic carbocycles. The lowest BCUT2D eigenvalue weighted by molar-refractivity contribution is -0.115. The molecule has 0 saturated carbocycles. The number of anilines is 1. The number of pyridine rings is 2. The Morgan fingerprint density at radius 1 is 1.27 bits per heavy atom. The average molecular weight is 375 g/mol. The van der Waals surface area contributed by atoms with Gasteiger partial charge in [0, 0.05) is 34.0 Å². The van der Waals surface area contributed by atoms with Crippen LogP contribution in [0.3, 0.4) is 0 Å². The number of carbonyl (C=O) groups excluding carboxylic acids is 1. The van der Waals surface area contributed by atoms with E-state index in [0.717, 1.165) is 20.7 Å². The van der Waals surface area contributed by atoms with Gasteiger partial charge in [0.1, 0.15) is 10.8 Å². The SMILES string of the molecule is O=C(Cc1csc(-c2cccnc2)n1)Nc1ccc(Br)cn1. The molecule has 0 radical (unpaired) electrons. The van der Waals surface area contributed by atoms with Gasteiger partial charge in [-0.2, -0.15) is 0 Å². The maximum Gasteiger partial charge on any atom is 0.231 e. The van der Waals surface area contributed by atoms with E-state index in [-0.39, 0.29) is 12.3 Å². The van der Waals surface area contributed by atoms with Crippen LogP contribution in [0.5, 0.6) is 0 Å². The van der Waals surface area contributed by atoms with Crippen molar-refractivity contribution in [1.82, 2.24) is 15.0 Å². The highest BCUT2D eigenvalue weighted by Gasteiger charge is 2.09. The molecule has 0 atom stereocenters. The zero-order chi connectivity index (χ0) is 15.4. The summed E-state index contributed by atoms with van der Waals surface area (Å²) in [6.07, 6.45) is 5.33. The molecular weight excluding hydrogens is 364 g/mol. The van der Waals surface area contributed by atoms with Crippen LogP contribution in [-0.4, -0.2) is 20.9 Å². The lowest BCUT2D eigenvalue weighted by Crippen LogP contribution is -2.15. The summed E-state index contributed by atoms with van der Waals surface area (Å²) in [5.74, 6) is 0.383. The summed E-state index contributed by atoms with van der Waals surface area (Å²) in [5, 5.41) is 5.49. The van der Waals surface area contributed by atoms with Gasteiger partial charge in [-0.05, 0) is 40.2 Å². The first-order chi connectivity index (χ1) is 10.7. The van der Waals surface area contributed by atoms with Gasteiger partial charge in [0.25, 0.3) is 0 Å². The Hall–Kier alpha value is -2.12. The number of carbonyl (C=O) groups is 1. The summed E-state index contributed by atoms with van der Waals surface area (Å²) in [6.45, 7) is 0. The molecule has 110 valence electrons. The van der Waals surface area contributed by atoms with Crippen molar-refractivity contribution in [1.29, 1.82) is 0 Å². The molecule has 22 heavy (non-hydrogen) atoms. The van der Waals surface area contributed by atoms with E-state index in [2.05, 4.69) is 36.2 Å². The zero-order valence-corrected chi connectivity index (χ0v) is 13.8. The second-order valence-corrected chi connectivity index (χ2v) is 6.25. The van der Waals surface area contributed by atoms with E-state index in [4.69, 9.17) is 0 Å². The number of hydrogen-bond acceptors (Lipinski definition) is 5. The molecule has 0 bridgehead atoms. The fraction of sp³-hybridized carbons (Fsp3) is 0.0667. The number of aromatic nitrogens is 3. The van der Waals surface area contributed by atoms with Crippen molar-refractivity contribution >= 4 is 39.0 Å². The van der Waals surface area contributed by atoms with Crippen LogP contribution >= 0.6 is 27.3 Å². The van der Waals surface area contributed by atoms with Crippen molar-refractivity contribution in [3.63, 3.8) is 0 Å². The molecular formula is C15H11BrN4OS. The Balaban J connectivity index is 1.65. The quantitative estimate of drug-likeness (QED) is 0.758. The van der Waals surface area contributed by atoms with Crippen molar-refractivity contribution in [2.45, 2.75) is 6.42 Å². The predicted octanol–water partition coefficient (Wildman–Crippen LogP) is 3.54. The maximum atomic E-state index is 12.0. The van der Waals surface area contributed by atoms with Crippen LogP contribution in [0.15, 0.2) is 52.7 Å². The first-order valence-electron chi connectivity index (χ1n) is 6.47. The molecule has 1 N–H and O–H groups in total. The summed E-state index contributed by atoms with van der Waals surface area (Å²) in [6, 6.07) is 7.37. The van der Waals surface area contributed by atoms with E-state index < -0.39 is 0 Å². The predicted molar refractivity (Wildman–Crippen MR) is 89.6 cm³/mol. The molecule has 0 aliphatic rings. The van der Waals surface area contributed by atoms with E-state index in [0.29, 0.717) is 5.82 Å². The molecule has 5 nitrogen and oxygen atoms in total. The Morgan fingerprint density at radius 2 is 2.18 bits per heavy atom. The number of rotatable bonds is 4. The highest BCUT2D eigenvalue weighted by Crippen LogP contribution is 2.22. The molecule has 3 aromatic heterocycles. The average Bonchev–Trinajstić information content (AvgIpc) is 2.99. The number of amides is 1. The van der Waals surface area contributed by atoms with Crippen LogP contribution in [-0.2, 0) is 11.2 Å². The third kappa shape index (κ3) is 3.75. The van der Waals surface area contributed by atoms with Crippen molar-refractivity contribution in [3.05, 3.63) is 58.4 Å². The third-order valence-electron chi connectivity index (χ3n) is 2.80. The van der Waals surface area contributed by atoms with Crippen molar-refractivity contribution in [3.8, 4) is 10.6 Å². The summed E-state index contributed by atoms with van der Waals surface area (Å²) in [4.78, 5) is 24.6. The van der Waals surface area contributed by atoms with E-state index in [1.165, 1.54) is 11.3 Å². The van der Waals surface area contributed by atoms with Gasteiger partial charge in [0.05, 0.1) is 12.1 Å². The van der Waals surface area contributed by atoms with E-state index in [9.17, 15) is 4.79 Å². The molecule has 3 rings (SSSR count). The summed E-state index contributed by atoms with van der Waals surface area (Å²) >= 11 is 4.80. The molecule has 0 spiro atoms. The van der Waals surface area contributed by atoms with Gasteiger partial charge in [0.2, 0.25) is 5.91 Å². The van der Waals surface area contributed by atoms with Gasteiger partial charge < -0.3 is 5.32 Å². The van der Waals surface area contributed by atoms with Gasteiger partial charge in [-0.25, -0.2) is 9.97 Å². The molecule has 0 aliphatic heterocycles. The van der Waals surface area contributed by atoms with Crippen LogP contribution in [0.4, 0.5) is 5.82 Å². The second kappa shape index (κ2) is 6.76. The molecule has 7 heteroatoms. The molecule has 3 heterocycles. The standard InChI is InChI=1S/C15H11BrN4OS/c16-11-3-4-13(18-8-11)20-14(21)6-12-9-22-15(19-12)10-2-1-5-17-7-10/h1-5,7-9H,6H2,(H,18,20,21). The lowest BCUT2D eigenvalue weighted by Gasteiger charge is -2.02. The molecule has 0 aliphatic carbocycles. The number of nitrogens with zero attached hydrogens (tertiary/aromatic N) is 3. The molecule has 1 amide bonds. The third-order valence-corrected chi connectivity index (χ3v) is 4.21. The van der Waals surface area contributed by atoms with Gasteiger partial charge >= 0.3 is 0 Å². The Kier molecular flexibility index (Phi) is 4.55. The monoisotopic (exact) mass is 374 g/mol. The number of halogens is 1. The van der Waals surface area contributed by atoms with E-state index >= 15 is 0 Å². The van der Waals surface area contributed by atoms with Crippen molar-refractivity contribution in [2.75, 3.05) is 5.32 Å². The Morgan fingerprint density at radius 3 is 2.91 bits per heavy atom. The normalized spacial score (nSPS) is 10.4. The van der Waals surface area contributed by atoms with Gasteiger partial charge in [-0.1, -0.05) is 0 Å². The summed E-state index contributed by atoms with van der Waals surface area (Å²) < 4.78 is 0.867. The van der Waals surface area contributed by atoms with Crippen LogP contribution < -0.4 is 5.32 Å². The van der Waals surface area contributed by atoms with Gasteiger partial charge in [-0.3, -0.25) is 9.78 Å². The first-order valence-corrected chi connectivity index (χ1v) is 8.14. The fourth-order valence-corrected chi connectivity index (χ4v) is 2.86. The van der Waals surface area contributed by atoms with Crippen LogP contribution in [0, 0.1) is 0 Å². The minimum Gasteiger partial charge on any atom is -0.310 e. The molecule has 3 aromatic rings. The Bertz CT molecular complexity index is 774. The summed E-state index contributed by atoms with van der Waals surface area (Å²) in [5.41, 5.74) is 1.69. The summed E-state index contributed by atoms with van der Waals surface area (Å²) in [7, 11) is 0. The lowest BCUT2D eigenvalue weighted by atomic mass is 10.3. The number of thiazole rings is 1. The highest BCUT2D eigenvalue weighted by molar-refractivity contribution is 9.10. The smallest absolute Gasteiger partial charge is 0.231 e. The molecule has 0 saturated heterocycles. The minimum absolute atomic E-state index is 0.141. The fourth-order valence-electron chi connectivity index (χ4n) is 1.81. The highest BCUT2D eigenvalue weighted by atomic mass is 79.9. The number of nitrogens with one attached hydrogen (secondary N) is 1. The van der Waals surface area contributed by atoms with Crippen LogP contribution in [0.1, 0.15) is 5.69 Å². The van der Waals surface area contributed by atoms with Gasteiger partial charge in [0.15, 0.2) is 0 Å². The minimum atomic E-state index is -0.141. The van der Waals surface area contributed by atoms with E-state index in [1.807, 2.05) is 23.6 Å². The maximum absolute atomic E-state index is 12.0. The van der Waals surface area contributed by atoms with Gasteiger partial charge in [-0.15, -0.1) is 11.3 Å². The topological polar surface area (TPSA) is 67.8 Å². The van der Waals surface area contributed by atoms with Crippen LogP contribution in [0.2, 0.25) is 0 Å². The molecule has 0 unspecified atom stereocenters. The van der Waals surface area contributed by atoms with E-state index in [1.54, 1.807) is 24.7 Å². The molecule has 0 fully saturated rings. The largest absolute Gasteiger partial charge is 0.310 e. The van der Waals surface area contributed by atoms with Crippen molar-refractivity contribution in [2.24, 2.45) is 0 Å². The Labute approximate surface area is 139 Å². The number of hydrogen-bond donors (Lipinski definition) is 1. The second-order valence-electron chi connectivity index (χ2n) is 4.47. The zero-order valence-electron chi connectivity index (χ0n) is 11.4. The first kappa shape index (κ1) is 14.8. The van der Waals surface area contributed by atoms with Crippen LogP contribution in [0.25, 0.3) is 10.6 Å². The van der Waals surface area contributed by atoms with Crippen molar-refractivity contribution < 1.29 is 4.79 Å².